The Hall–Kier alpha value is -3.30. The fourth-order valence-corrected chi connectivity index (χ4v) is 10.5. The molecule has 0 saturated heterocycles. The first-order valence-corrected chi connectivity index (χ1v) is 24.8. The minimum absolute atomic E-state index is 0.0863. The Kier molecular flexibility index (Phi) is 19.0. The molecule has 2 unspecified atom stereocenters. The fraction of sp³-hybridized carbons (Fsp3) is 0.607. The first kappa shape index (κ1) is 45.2. The zero-order valence-corrected chi connectivity index (χ0v) is 37.8. The lowest BCUT2D eigenvalue weighted by Crippen LogP contribution is -2.28. The lowest BCUT2D eigenvalue weighted by atomic mass is 9.74. The molecular weight excluding hydrogens is 717 g/mol. The summed E-state index contributed by atoms with van der Waals surface area (Å²) in [6.07, 6.45) is 35.9. The van der Waals surface area contributed by atoms with Crippen molar-refractivity contribution in [2.75, 3.05) is 0 Å². The molecule has 2 atom stereocenters. The Labute approximate surface area is 361 Å². The van der Waals surface area contributed by atoms with E-state index in [9.17, 15) is 0 Å². The minimum atomic E-state index is 0.0863. The van der Waals surface area contributed by atoms with Crippen LogP contribution in [0.3, 0.4) is 0 Å². The molecule has 0 amide bonds. The summed E-state index contributed by atoms with van der Waals surface area (Å²) in [5.41, 5.74) is 9.83. The highest BCUT2D eigenvalue weighted by Gasteiger charge is 2.36. The van der Waals surface area contributed by atoms with Gasteiger partial charge in [-0.3, -0.25) is 9.97 Å². The molecule has 2 saturated carbocycles. The van der Waals surface area contributed by atoms with Crippen LogP contribution in [0.2, 0.25) is 0 Å². The third-order valence-corrected chi connectivity index (χ3v) is 14.2. The number of aromatic nitrogens is 2. The number of pyridine rings is 2. The molecule has 2 heterocycles. The standard InChI is InChI=1S/C56H80N2O/c1-5-9-11-13-15-19-43-21-27-49(28-22-43)55(51-35-31-47(32-36-51)53-39-25-45(17-7-3)41-57-53)59-56(50-29-23-44(24-30-50)20-16-14-12-10-6-2)52-37-33-48(34-38-52)54-40-26-46(18-8-4)42-58-54/h25-26,31-44,49-50,55-56H,5-24,27-30H2,1-4H3. The van der Waals surface area contributed by atoms with E-state index in [4.69, 9.17) is 14.7 Å². The summed E-state index contributed by atoms with van der Waals surface area (Å²) in [5.74, 6) is 2.83. The first-order chi connectivity index (χ1) is 29.1. The average molecular weight is 797 g/mol. The van der Waals surface area contributed by atoms with Gasteiger partial charge in [0.1, 0.15) is 0 Å². The molecule has 2 aliphatic rings. The van der Waals surface area contributed by atoms with Crippen molar-refractivity contribution in [3.05, 3.63) is 107 Å². The topological polar surface area (TPSA) is 35.0 Å². The van der Waals surface area contributed by atoms with Crippen molar-refractivity contribution < 1.29 is 4.74 Å². The molecule has 3 heteroatoms. The molecule has 3 nitrogen and oxygen atoms in total. The normalized spacial score (nSPS) is 20.7. The second-order valence-corrected chi connectivity index (χ2v) is 18.8. The summed E-state index contributed by atoms with van der Waals surface area (Å²) in [7, 11) is 0. The highest BCUT2D eigenvalue weighted by atomic mass is 16.5. The molecule has 6 rings (SSSR count). The van der Waals surface area contributed by atoms with Gasteiger partial charge in [0.05, 0.1) is 23.6 Å². The maximum absolute atomic E-state index is 7.77. The third-order valence-electron chi connectivity index (χ3n) is 14.2. The predicted molar refractivity (Wildman–Crippen MR) is 252 cm³/mol. The van der Waals surface area contributed by atoms with E-state index in [1.807, 2.05) is 0 Å². The van der Waals surface area contributed by atoms with E-state index in [0.29, 0.717) is 11.8 Å². The van der Waals surface area contributed by atoms with Crippen LogP contribution < -0.4 is 0 Å². The molecule has 59 heavy (non-hydrogen) atoms. The molecule has 2 aromatic carbocycles. The van der Waals surface area contributed by atoms with Gasteiger partial charge in [0.25, 0.3) is 0 Å². The maximum Gasteiger partial charge on any atom is 0.0861 e. The molecule has 0 N–H and O–H groups in total. The predicted octanol–water partition coefficient (Wildman–Crippen LogP) is 16.8. The Balaban J connectivity index is 1.24. The average Bonchev–Trinajstić information content (AvgIpc) is 3.28. The van der Waals surface area contributed by atoms with Crippen LogP contribution in [0, 0.1) is 23.7 Å². The van der Waals surface area contributed by atoms with Gasteiger partial charge in [0.2, 0.25) is 0 Å². The van der Waals surface area contributed by atoms with Crippen LogP contribution in [0.4, 0.5) is 0 Å². The van der Waals surface area contributed by atoms with Crippen molar-refractivity contribution in [1.29, 1.82) is 0 Å². The second-order valence-electron chi connectivity index (χ2n) is 18.8. The summed E-state index contributed by atoms with van der Waals surface area (Å²) in [5, 5.41) is 0. The molecule has 4 aromatic rings. The van der Waals surface area contributed by atoms with Crippen molar-refractivity contribution in [1.82, 2.24) is 9.97 Å². The maximum atomic E-state index is 7.77. The van der Waals surface area contributed by atoms with Crippen LogP contribution in [-0.2, 0) is 17.6 Å². The Morgan fingerprint density at radius 1 is 0.441 bits per heavy atom. The van der Waals surface area contributed by atoms with E-state index < -0.39 is 0 Å². The van der Waals surface area contributed by atoms with Crippen molar-refractivity contribution in [3.63, 3.8) is 0 Å². The Bertz CT molecular complexity index is 1570. The van der Waals surface area contributed by atoms with Gasteiger partial charge in [-0.2, -0.15) is 0 Å². The Morgan fingerprint density at radius 3 is 1.17 bits per heavy atom. The van der Waals surface area contributed by atoms with Crippen LogP contribution in [0.1, 0.15) is 203 Å². The highest BCUT2D eigenvalue weighted by Crippen LogP contribution is 2.47. The lowest BCUT2D eigenvalue weighted by molar-refractivity contribution is -0.0907. The Morgan fingerprint density at radius 2 is 0.831 bits per heavy atom. The molecule has 0 spiro atoms. The van der Waals surface area contributed by atoms with E-state index in [1.54, 1.807) is 0 Å². The number of ether oxygens (including phenoxy) is 1. The van der Waals surface area contributed by atoms with Crippen molar-refractivity contribution >= 4 is 0 Å². The fourth-order valence-electron chi connectivity index (χ4n) is 10.5. The summed E-state index contributed by atoms with van der Waals surface area (Å²) < 4.78 is 7.77. The van der Waals surface area contributed by atoms with Gasteiger partial charge in [-0.1, -0.05) is 204 Å². The SMILES string of the molecule is CCCCCCCC1CCC(C(OC(c2ccc(-c3ccc(CCC)cn3)cc2)C2CCC(CCCCCCC)CC2)c2ccc(-c3ccc(CCC)cn3)cc2)CC1. The number of benzene rings is 2. The van der Waals surface area contributed by atoms with Crippen molar-refractivity contribution in [3.8, 4) is 22.5 Å². The minimum Gasteiger partial charge on any atom is -0.365 e. The van der Waals surface area contributed by atoms with E-state index in [-0.39, 0.29) is 12.2 Å². The van der Waals surface area contributed by atoms with E-state index >= 15 is 0 Å². The van der Waals surface area contributed by atoms with Gasteiger partial charge in [0, 0.05) is 23.5 Å². The van der Waals surface area contributed by atoms with Gasteiger partial charge in [0.15, 0.2) is 0 Å². The number of nitrogens with zero attached hydrogens (tertiary/aromatic N) is 2. The highest BCUT2D eigenvalue weighted by molar-refractivity contribution is 5.60. The third kappa shape index (κ3) is 13.9. The molecule has 0 bridgehead atoms. The van der Waals surface area contributed by atoms with Gasteiger partial charge >= 0.3 is 0 Å². The van der Waals surface area contributed by atoms with Crippen LogP contribution in [-0.4, -0.2) is 9.97 Å². The number of hydrogen-bond donors (Lipinski definition) is 0. The van der Waals surface area contributed by atoms with Crippen LogP contribution >= 0.6 is 0 Å². The van der Waals surface area contributed by atoms with E-state index in [2.05, 4.69) is 113 Å². The first-order valence-electron chi connectivity index (χ1n) is 24.8. The second kappa shape index (κ2) is 24.8. The van der Waals surface area contributed by atoms with Crippen molar-refractivity contribution in [2.24, 2.45) is 23.7 Å². The van der Waals surface area contributed by atoms with Crippen molar-refractivity contribution in [2.45, 2.75) is 194 Å². The smallest absolute Gasteiger partial charge is 0.0861 e. The summed E-state index contributed by atoms with van der Waals surface area (Å²) in [6.45, 7) is 9.11. The van der Waals surface area contributed by atoms with Gasteiger partial charge in [-0.05, 0) is 96.6 Å². The van der Waals surface area contributed by atoms with E-state index in [1.165, 1.54) is 162 Å². The number of unbranched alkanes of at least 4 members (excludes halogenated alkanes) is 8. The molecule has 320 valence electrons. The molecular formula is C56H80N2O. The van der Waals surface area contributed by atoms with Crippen LogP contribution in [0.25, 0.3) is 22.5 Å². The number of rotatable bonds is 24. The van der Waals surface area contributed by atoms with Crippen LogP contribution in [0.5, 0.6) is 0 Å². The summed E-state index contributed by atoms with van der Waals surface area (Å²) >= 11 is 0. The zero-order chi connectivity index (χ0) is 41.1. The van der Waals surface area contributed by atoms with Gasteiger partial charge < -0.3 is 4.74 Å². The van der Waals surface area contributed by atoms with E-state index in [0.717, 1.165) is 48.9 Å². The molecule has 0 aliphatic heterocycles. The molecule has 2 fully saturated rings. The van der Waals surface area contributed by atoms with Crippen LogP contribution in [0.15, 0.2) is 85.2 Å². The summed E-state index contributed by atoms with van der Waals surface area (Å²) in [4.78, 5) is 9.75. The van der Waals surface area contributed by atoms with Gasteiger partial charge in [-0.15, -0.1) is 0 Å². The zero-order valence-electron chi connectivity index (χ0n) is 37.8. The number of aryl methyl sites for hydroxylation is 2. The quantitative estimate of drug-likeness (QED) is 0.0663. The van der Waals surface area contributed by atoms with Gasteiger partial charge in [-0.25, -0.2) is 0 Å². The molecule has 0 radical (unpaired) electrons. The summed E-state index contributed by atoms with van der Waals surface area (Å²) in [6, 6.07) is 27.7. The lowest BCUT2D eigenvalue weighted by Gasteiger charge is -2.40. The monoisotopic (exact) mass is 797 g/mol. The number of hydrogen-bond acceptors (Lipinski definition) is 3. The largest absolute Gasteiger partial charge is 0.365 e. The molecule has 2 aromatic heterocycles. The molecule has 2 aliphatic carbocycles.